The van der Waals surface area contributed by atoms with Gasteiger partial charge in [0, 0.05) is 24.4 Å². The zero-order valence-corrected chi connectivity index (χ0v) is 16.8. The first kappa shape index (κ1) is 18.9. The zero-order chi connectivity index (χ0) is 20.4. The third-order valence-electron chi connectivity index (χ3n) is 4.44. The number of carboxylic acid groups (broad SMARTS) is 1. The fraction of sp³-hybridized carbons (Fsp3) is 0.136. The van der Waals surface area contributed by atoms with Crippen LogP contribution in [-0.4, -0.2) is 33.0 Å². The van der Waals surface area contributed by atoms with E-state index in [-0.39, 0.29) is 6.42 Å². The minimum atomic E-state index is -0.901. The molecule has 0 bridgehead atoms. The van der Waals surface area contributed by atoms with Crippen LogP contribution in [0.15, 0.2) is 54.7 Å². The van der Waals surface area contributed by atoms with Gasteiger partial charge < -0.3 is 9.84 Å². The van der Waals surface area contributed by atoms with Crippen molar-refractivity contribution in [2.75, 3.05) is 7.11 Å². The van der Waals surface area contributed by atoms with Crippen LogP contribution in [0.4, 0.5) is 0 Å². The van der Waals surface area contributed by atoms with Gasteiger partial charge in [-0.15, -0.1) is 11.3 Å². The first-order valence-electron chi connectivity index (χ1n) is 9.00. The van der Waals surface area contributed by atoms with Crippen molar-refractivity contribution in [3.05, 3.63) is 65.3 Å². The molecule has 7 heteroatoms. The van der Waals surface area contributed by atoms with Gasteiger partial charge in [0.05, 0.1) is 29.4 Å². The van der Waals surface area contributed by atoms with Gasteiger partial charge in [-0.2, -0.15) is 5.10 Å². The number of nitrogens with zero attached hydrogens (tertiary/aromatic N) is 3. The van der Waals surface area contributed by atoms with Gasteiger partial charge in [0.1, 0.15) is 10.8 Å². The number of hydrogen-bond acceptors (Lipinski definition) is 5. The van der Waals surface area contributed by atoms with Crippen LogP contribution in [0.25, 0.3) is 33.1 Å². The van der Waals surface area contributed by atoms with Gasteiger partial charge in [0.15, 0.2) is 0 Å². The molecule has 0 radical (unpaired) electrons. The number of fused-ring (bicyclic) bond motifs is 1. The Morgan fingerprint density at radius 1 is 1.24 bits per heavy atom. The maximum Gasteiger partial charge on any atom is 0.307 e. The molecule has 4 rings (SSSR count). The first-order chi connectivity index (χ1) is 14.0. The summed E-state index contributed by atoms with van der Waals surface area (Å²) < 4.78 is 8.07. The lowest BCUT2D eigenvalue weighted by molar-refractivity contribution is -0.135. The van der Waals surface area contributed by atoms with Crippen LogP contribution in [0.1, 0.15) is 17.0 Å². The molecule has 2 aromatic heterocycles. The SMILES string of the molecule is COc1cccc(-c2nn(C)cc2/C=C(\CC(=O)O)c2nc3ccccc3s2)c1. The van der Waals surface area contributed by atoms with Gasteiger partial charge >= 0.3 is 5.97 Å². The average molecular weight is 405 g/mol. The van der Waals surface area contributed by atoms with E-state index in [1.54, 1.807) is 11.8 Å². The van der Waals surface area contributed by atoms with Gasteiger partial charge in [0.2, 0.25) is 0 Å². The highest BCUT2D eigenvalue weighted by molar-refractivity contribution is 7.19. The molecule has 0 aliphatic rings. The van der Waals surface area contributed by atoms with Crippen LogP contribution in [0, 0.1) is 0 Å². The van der Waals surface area contributed by atoms with Crippen LogP contribution >= 0.6 is 11.3 Å². The number of hydrogen-bond donors (Lipinski definition) is 1. The van der Waals surface area contributed by atoms with Gasteiger partial charge in [0.25, 0.3) is 0 Å². The predicted molar refractivity (Wildman–Crippen MR) is 115 cm³/mol. The molecule has 29 heavy (non-hydrogen) atoms. The number of benzene rings is 2. The maximum atomic E-state index is 11.5. The number of thiazole rings is 1. The quantitative estimate of drug-likeness (QED) is 0.502. The molecule has 0 saturated carbocycles. The molecule has 0 aliphatic carbocycles. The number of para-hydroxylation sites is 1. The number of ether oxygens (including phenoxy) is 1. The van der Waals surface area contributed by atoms with Crippen molar-refractivity contribution in [2.24, 2.45) is 7.05 Å². The molecule has 2 heterocycles. The van der Waals surface area contributed by atoms with Gasteiger partial charge in [-0.3, -0.25) is 9.48 Å². The Kier molecular flexibility index (Phi) is 5.14. The maximum absolute atomic E-state index is 11.5. The Balaban J connectivity index is 1.83. The minimum absolute atomic E-state index is 0.119. The first-order valence-corrected chi connectivity index (χ1v) is 9.81. The summed E-state index contributed by atoms with van der Waals surface area (Å²) in [6.45, 7) is 0. The Bertz CT molecular complexity index is 1190. The van der Waals surface area contributed by atoms with Crippen LogP contribution in [0.3, 0.4) is 0 Å². The molecule has 4 aromatic rings. The van der Waals surface area contributed by atoms with Crippen LogP contribution in [0.5, 0.6) is 5.75 Å². The van der Waals surface area contributed by atoms with Crippen LogP contribution in [-0.2, 0) is 11.8 Å². The van der Waals surface area contributed by atoms with E-state index in [0.29, 0.717) is 10.6 Å². The number of carbonyl (C=O) groups is 1. The largest absolute Gasteiger partial charge is 0.497 e. The summed E-state index contributed by atoms with van der Waals surface area (Å²) in [5.41, 5.74) is 4.00. The topological polar surface area (TPSA) is 77.2 Å². The number of methoxy groups -OCH3 is 1. The molecule has 0 atom stereocenters. The Hall–Kier alpha value is -3.45. The molecule has 1 N–H and O–H groups in total. The van der Waals surface area contributed by atoms with Crippen molar-refractivity contribution in [3.63, 3.8) is 0 Å². The van der Waals surface area contributed by atoms with Gasteiger partial charge in [-0.1, -0.05) is 24.3 Å². The van der Waals surface area contributed by atoms with E-state index in [2.05, 4.69) is 10.1 Å². The van der Waals surface area contributed by atoms with Crippen LogP contribution in [0.2, 0.25) is 0 Å². The molecule has 146 valence electrons. The van der Waals surface area contributed by atoms with Crippen molar-refractivity contribution >= 4 is 39.2 Å². The molecular formula is C22H19N3O3S. The lowest BCUT2D eigenvalue weighted by atomic mass is 10.0. The molecule has 6 nitrogen and oxygen atoms in total. The lowest BCUT2D eigenvalue weighted by Crippen LogP contribution is -1.97. The van der Waals surface area contributed by atoms with Crippen molar-refractivity contribution in [1.82, 2.24) is 14.8 Å². The Morgan fingerprint density at radius 3 is 2.83 bits per heavy atom. The van der Waals surface area contributed by atoms with E-state index in [9.17, 15) is 9.90 Å². The predicted octanol–water partition coefficient (Wildman–Crippen LogP) is 4.72. The third kappa shape index (κ3) is 4.05. The van der Waals surface area contributed by atoms with Gasteiger partial charge in [-0.05, 0) is 35.9 Å². The highest BCUT2D eigenvalue weighted by atomic mass is 32.1. The van der Waals surface area contributed by atoms with Gasteiger partial charge in [-0.25, -0.2) is 4.98 Å². The van der Waals surface area contributed by atoms with E-state index in [0.717, 1.165) is 32.8 Å². The molecule has 0 aliphatic heterocycles. The number of aromatic nitrogens is 3. The lowest BCUT2D eigenvalue weighted by Gasteiger charge is -2.05. The standard InChI is InChI=1S/C22H19N3O3S/c1-25-13-16(21(24-25)14-6-5-7-17(11-14)28-2)10-15(12-20(26)27)22-23-18-8-3-4-9-19(18)29-22/h3-11,13H,12H2,1-2H3,(H,26,27)/b15-10+. The summed E-state index contributed by atoms with van der Waals surface area (Å²) in [4.78, 5) is 16.2. The van der Waals surface area contributed by atoms with E-state index in [4.69, 9.17) is 4.74 Å². The fourth-order valence-electron chi connectivity index (χ4n) is 3.16. The highest BCUT2D eigenvalue weighted by Crippen LogP contribution is 2.33. The van der Waals surface area contributed by atoms with E-state index in [1.165, 1.54) is 11.3 Å². The molecule has 0 fully saturated rings. The van der Waals surface area contributed by atoms with Crippen molar-refractivity contribution < 1.29 is 14.6 Å². The van der Waals surface area contributed by atoms with Crippen molar-refractivity contribution in [1.29, 1.82) is 0 Å². The summed E-state index contributed by atoms with van der Waals surface area (Å²) in [5.74, 6) is -0.164. The normalized spacial score (nSPS) is 11.7. The summed E-state index contributed by atoms with van der Waals surface area (Å²) in [6.07, 6.45) is 3.63. The highest BCUT2D eigenvalue weighted by Gasteiger charge is 2.16. The monoisotopic (exact) mass is 405 g/mol. The minimum Gasteiger partial charge on any atom is -0.497 e. The van der Waals surface area contributed by atoms with E-state index in [1.807, 2.05) is 67.9 Å². The molecule has 0 spiro atoms. The third-order valence-corrected chi connectivity index (χ3v) is 5.55. The average Bonchev–Trinajstić information content (AvgIpc) is 3.30. The summed E-state index contributed by atoms with van der Waals surface area (Å²) in [6, 6.07) is 15.4. The molecule has 2 aromatic carbocycles. The molecule has 0 saturated heterocycles. The fourth-order valence-corrected chi connectivity index (χ4v) is 4.14. The molecular weight excluding hydrogens is 386 g/mol. The molecule has 0 amide bonds. The summed E-state index contributed by atoms with van der Waals surface area (Å²) in [5, 5.41) is 14.7. The van der Waals surface area contributed by atoms with Crippen LogP contribution < -0.4 is 4.74 Å². The van der Waals surface area contributed by atoms with E-state index >= 15 is 0 Å². The summed E-state index contributed by atoms with van der Waals surface area (Å²) >= 11 is 1.49. The second-order valence-electron chi connectivity index (χ2n) is 6.57. The second-order valence-corrected chi connectivity index (χ2v) is 7.60. The zero-order valence-electron chi connectivity index (χ0n) is 16.0. The number of rotatable bonds is 6. The smallest absolute Gasteiger partial charge is 0.307 e. The molecule has 0 unspecified atom stereocenters. The number of aryl methyl sites for hydroxylation is 1. The van der Waals surface area contributed by atoms with E-state index < -0.39 is 5.97 Å². The number of carboxylic acids is 1. The second kappa shape index (κ2) is 7.89. The van der Waals surface area contributed by atoms with Crippen molar-refractivity contribution in [2.45, 2.75) is 6.42 Å². The Labute approximate surface area is 171 Å². The number of aliphatic carboxylic acids is 1. The van der Waals surface area contributed by atoms with Crippen molar-refractivity contribution in [3.8, 4) is 17.0 Å². The summed E-state index contributed by atoms with van der Waals surface area (Å²) in [7, 11) is 3.46. The Morgan fingerprint density at radius 2 is 2.07 bits per heavy atom.